The van der Waals surface area contributed by atoms with Gasteiger partial charge in [-0.1, -0.05) is 78.8 Å². The molecule has 2 aromatic heterocycles. The minimum atomic E-state index is -4.04. The van der Waals surface area contributed by atoms with E-state index in [1.54, 1.807) is 36.4 Å². The molecule has 0 spiro atoms. The first-order valence-corrected chi connectivity index (χ1v) is 27.8. The number of carbonyl (C=O) groups is 2. The number of benzene rings is 5. The SMILES string of the molecule is C.CC(C)(C)c1cc2cc(NC(=O)C3(c4ccc5c(c4)OC(F)(F)O5)CC3)ccc2n1CC(O)CC#N.Cc1ccc(S(=O)(=O)OCC(O)Cn2c(C(C)(C)C)cc3cc(NC(=O)C4(c5ccc6c(c5)OC(F)(F)O6)CC4)ccc32)cc1. The van der Waals surface area contributed by atoms with Crippen LogP contribution in [0.1, 0.15) is 109 Å². The average molecular weight is 1150 g/mol. The number of hydrogen-bond acceptors (Lipinski definition) is 12. The molecule has 11 rings (SSSR count). The maximum atomic E-state index is 13.5. The average Bonchev–Trinajstić information content (AvgIpc) is 2.62. The molecule has 2 amide bonds. The van der Waals surface area contributed by atoms with E-state index in [2.05, 4.69) is 50.4 Å². The molecule has 4 aliphatic rings. The van der Waals surface area contributed by atoms with E-state index >= 15 is 0 Å². The van der Waals surface area contributed by atoms with Crippen molar-refractivity contribution in [1.82, 2.24) is 9.13 Å². The number of rotatable bonds is 15. The highest BCUT2D eigenvalue weighted by Crippen LogP contribution is 2.54. The van der Waals surface area contributed by atoms with Crippen molar-refractivity contribution < 1.29 is 68.9 Å². The Labute approximate surface area is 472 Å². The van der Waals surface area contributed by atoms with Gasteiger partial charge in [0.15, 0.2) is 23.0 Å². The number of nitriles is 1. The molecule has 82 heavy (non-hydrogen) atoms. The predicted octanol–water partition coefficient (Wildman–Crippen LogP) is 11.8. The number of aromatic nitrogens is 2. The molecule has 16 nitrogen and oxygen atoms in total. The lowest BCUT2D eigenvalue weighted by atomic mass is 9.92. The van der Waals surface area contributed by atoms with Gasteiger partial charge in [0.1, 0.15) is 0 Å². The Hall–Kier alpha value is -7.64. The molecule has 5 aromatic carbocycles. The van der Waals surface area contributed by atoms with Gasteiger partial charge in [-0.15, -0.1) is 17.6 Å². The van der Waals surface area contributed by atoms with Crippen LogP contribution in [0.2, 0.25) is 0 Å². The van der Waals surface area contributed by atoms with E-state index in [0.29, 0.717) is 54.7 Å². The van der Waals surface area contributed by atoms with E-state index in [4.69, 9.17) is 9.44 Å². The molecule has 2 unspecified atom stereocenters. The lowest BCUT2D eigenvalue weighted by Crippen LogP contribution is -2.28. The van der Waals surface area contributed by atoms with Crippen molar-refractivity contribution in [2.45, 2.75) is 152 Å². The number of carbonyl (C=O) groups excluding carboxylic acids is 2. The highest BCUT2D eigenvalue weighted by Gasteiger charge is 2.54. The van der Waals surface area contributed by atoms with Gasteiger partial charge in [-0.25, -0.2) is 0 Å². The quantitative estimate of drug-likeness (QED) is 0.0558. The second kappa shape index (κ2) is 21.3. The summed E-state index contributed by atoms with van der Waals surface area (Å²) in [5.41, 5.74) is 4.64. The highest BCUT2D eigenvalue weighted by molar-refractivity contribution is 7.86. The number of ether oxygens (including phenoxy) is 4. The summed E-state index contributed by atoms with van der Waals surface area (Å²) in [5, 5.41) is 37.8. The normalized spacial score (nSPS) is 17.4. The fourth-order valence-electron chi connectivity index (χ4n) is 10.5. The zero-order valence-corrected chi connectivity index (χ0v) is 46.4. The van der Waals surface area contributed by atoms with Crippen LogP contribution >= 0.6 is 0 Å². The summed E-state index contributed by atoms with van der Waals surface area (Å²) in [6, 6.07) is 32.2. The van der Waals surface area contributed by atoms with Crippen LogP contribution in [0.5, 0.6) is 23.0 Å². The number of anilines is 2. The highest BCUT2D eigenvalue weighted by atomic mass is 32.2. The number of halogens is 4. The third kappa shape index (κ3) is 12.0. The summed E-state index contributed by atoms with van der Waals surface area (Å²) in [4.78, 5) is 26.8. The van der Waals surface area contributed by atoms with Crippen molar-refractivity contribution in [3.05, 3.63) is 137 Å². The van der Waals surface area contributed by atoms with Crippen molar-refractivity contribution in [1.29, 1.82) is 5.26 Å². The maximum absolute atomic E-state index is 13.5. The molecule has 2 atom stereocenters. The van der Waals surface area contributed by atoms with E-state index in [1.807, 2.05) is 79.3 Å². The lowest BCUT2D eigenvalue weighted by molar-refractivity contribution is -0.287. The second-order valence-corrected chi connectivity index (χ2v) is 24.9. The van der Waals surface area contributed by atoms with Crippen molar-refractivity contribution in [3.8, 4) is 29.1 Å². The molecule has 0 radical (unpaired) electrons. The summed E-state index contributed by atoms with van der Waals surface area (Å²) in [7, 11) is -4.04. The minimum absolute atomic E-state index is 0. The lowest BCUT2D eigenvalue weighted by Gasteiger charge is -2.24. The Morgan fingerprint density at radius 3 is 1.45 bits per heavy atom. The fourth-order valence-corrected chi connectivity index (χ4v) is 11.4. The van der Waals surface area contributed by atoms with Crippen LogP contribution in [-0.2, 0) is 58.6 Å². The van der Waals surface area contributed by atoms with Gasteiger partial charge in [-0.05, 0) is 129 Å². The monoisotopic (exact) mass is 1150 g/mol. The van der Waals surface area contributed by atoms with Crippen LogP contribution in [0.15, 0.2) is 114 Å². The van der Waals surface area contributed by atoms with Gasteiger partial charge >= 0.3 is 12.6 Å². The molecule has 0 saturated heterocycles. The predicted molar refractivity (Wildman–Crippen MR) is 299 cm³/mol. The fraction of sp³-hybridized carbons (Fsp3) is 0.393. The van der Waals surface area contributed by atoms with Crippen LogP contribution < -0.4 is 29.6 Å². The van der Waals surface area contributed by atoms with Crippen LogP contribution in [-0.4, -0.2) is 71.0 Å². The van der Waals surface area contributed by atoms with Crippen molar-refractivity contribution in [2.75, 3.05) is 17.2 Å². The molecule has 2 aliphatic carbocycles. The van der Waals surface area contributed by atoms with Gasteiger partial charge in [-0.3, -0.25) is 13.8 Å². The van der Waals surface area contributed by atoms with Gasteiger partial charge < -0.3 is 48.9 Å². The third-order valence-corrected chi connectivity index (χ3v) is 16.3. The number of fused-ring (bicyclic) bond motifs is 4. The largest absolute Gasteiger partial charge is 0.586 e. The number of aliphatic hydroxyl groups excluding tert-OH is 2. The zero-order chi connectivity index (χ0) is 58.2. The number of hydrogen-bond donors (Lipinski definition) is 4. The Kier molecular flexibility index (Phi) is 15.3. The van der Waals surface area contributed by atoms with Crippen LogP contribution in [0.25, 0.3) is 21.8 Å². The molecule has 4 heterocycles. The summed E-state index contributed by atoms with van der Waals surface area (Å²) < 4.78 is 106. The van der Waals surface area contributed by atoms with Crippen LogP contribution in [0, 0.1) is 18.3 Å². The zero-order valence-electron chi connectivity index (χ0n) is 45.5. The number of aryl methyl sites for hydroxylation is 1. The maximum Gasteiger partial charge on any atom is 0.586 e. The number of alkyl halides is 4. The molecule has 2 fully saturated rings. The van der Waals surface area contributed by atoms with Crippen LogP contribution in [0.4, 0.5) is 28.9 Å². The second-order valence-electron chi connectivity index (χ2n) is 23.3. The molecular formula is C61H65F4N5O11S. The number of aliphatic hydroxyl groups is 2. The molecule has 21 heteroatoms. The van der Waals surface area contributed by atoms with Crippen molar-refractivity contribution >= 4 is 55.1 Å². The molecule has 434 valence electrons. The Morgan fingerprint density at radius 2 is 1.05 bits per heavy atom. The summed E-state index contributed by atoms with van der Waals surface area (Å²) in [6.07, 6.45) is -7.02. The Balaban J connectivity index is 0.000000200. The van der Waals surface area contributed by atoms with Gasteiger partial charge in [0.05, 0.1) is 53.6 Å². The smallest absolute Gasteiger partial charge is 0.395 e. The summed E-state index contributed by atoms with van der Waals surface area (Å²) >= 11 is 0. The Morgan fingerprint density at radius 1 is 0.634 bits per heavy atom. The molecule has 0 bridgehead atoms. The minimum Gasteiger partial charge on any atom is -0.395 e. The Bertz CT molecular complexity index is 3780. The number of nitrogens with one attached hydrogen (secondary N) is 2. The first kappa shape index (κ1) is 59.0. The first-order valence-electron chi connectivity index (χ1n) is 26.4. The van der Waals surface area contributed by atoms with Gasteiger partial charge in [0.2, 0.25) is 11.8 Å². The van der Waals surface area contributed by atoms with E-state index < -0.39 is 52.4 Å². The summed E-state index contributed by atoms with van der Waals surface area (Å²) in [5.74, 6) is -0.779. The standard InChI is InChI=1S/C33H34F2N2O7S.C27H27F2N3O4.CH4/c1-20-5-9-25(10-6-20)45(40,41)42-19-24(38)18-37-26-11-8-23(15-21(26)16-29(37)31(2,3)4)36-30(39)32(13-14-32)22-7-12-27-28(17-22)44-33(34,35)43-27;1-25(2,3)23-13-16-12-18(5-6-20(16)32(23)15-19(33)8-11-30)31-24(34)26(9-10-26)17-4-7-21-22(14-17)36-27(28,29)35-21;/h5-12,15-17,24,38H,13-14,18-19H2,1-4H3,(H,36,39);4-7,12-14,19,33H,8-10,15H2,1-3H3,(H,31,34);1H4. The van der Waals surface area contributed by atoms with E-state index in [9.17, 15) is 45.8 Å². The molecule has 2 aliphatic heterocycles. The van der Waals surface area contributed by atoms with E-state index in [1.165, 1.54) is 36.4 Å². The summed E-state index contributed by atoms with van der Waals surface area (Å²) in [6.45, 7) is 14.1. The number of nitrogens with zero attached hydrogens (tertiary/aromatic N) is 3. The number of amides is 2. The van der Waals surface area contributed by atoms with E-state index in [0.717, 1.165) is 38.8 Å². The molecule has 4 N–H and O–H groups in total. The van der Waals surface area contributed by atoms with Gasteiger partial charge in [0, 0.05) is 61.9 Å². The molecular weight excluding hydrogens is 1090 g/mol. The van der Waals surface area contributed by atoms with Crippen LogP contribution in [0.3, 0.4) is 0 Å². The van der Waals surface area contributed by atoms with E-state index in [-0.39, 0.29) is 70.9 Å². The molecule has 7 aromatic rings. The third-order valence-electron chi connectivity index (χ3n) is 15.0. The first-order chi connectivity index (χ1) is 38.0. The van der Waals surface area contributed by atoms with Crippen molar-refractivity contribution in [3.63, 3.8) is 0 Å². The topological polar surface area (TPSA) is 213 Å². The molecule has 2 saturated carbocycles. The van der Waals surface area contributed by atoms with Gasteiger partial charge in [-0.2, -0.15) is 13.7 Å². The van der Waals surface area contributed by atoms with Crippen molar-refractivity contribution in [2.24, 2.45) is 0 Å². The van der Waals surface area contributed by atoms with Gasteiger partial charge in [0.25, 0.3) is 10.1 Å².